The molecular weight excluding hydrogens is 290 g/mol. The van der Waals surface area contributed by atoms with Gasteiger partial charge in [0, 0.05) is 0 Å². The van der Waals surface area contributed by atoms with Gasteiger partial charge in [0.1, 0.15) is 0 Å². The van der Waals surface area contributed by atoms with E-state index in [1.807, 2.05) is 0 Å². The van der Waals surface area contributed by atoms with Crippen molar-refractivity contribution in [3.8, 4) is 0 Å². The number of nitrogens with one attached hydrogen (secondary N) is 1. The zero-order chi connectivity index (χ0) is 15.4. The van der Waals surface area contributed by atoms with E-state index >= 15 is 0 Å². The Hall–Kier alpha value is -2.33. The van der Waals surface area contributed by atoms with Gasteiger partial charge in [-0.3, -0.25) is 4.79 Å². The van der Waals surface area contributed by atoms with E-state index in [4.69, 9.17) is 11.6 Å². The highest BCUT2D eigenvalue weighted by atomic mass is 35.5. The van der Waals surface area contributed by atoms with Crippen molar-refractivity contribution < 1.29 is 14.7 Å². The van der Waals surface area contributed by atoms with Gasteiger partial charge >= 0.3 is 5.97 Å². The van der Waals surface area contributed by atoms with Crippen LogP contribution in [0, 0.1) is 6.92 Å². The van der Waals surface area contributed by atoms with Crippen LogP contribution >= 0.6 is 11.6 Å². The Kier molecular flexibility index (Phi) is 4.60. The van der Waals surface area contributed by atoms with Crippen LogP contribution in [0.1, 0.15) is 27.5 Å². The Balaban J connectivity index is 2.28. The first-order chi connectivity index (χ1) is 10.0. The van der Waals surface area contributed by atoms with E-state index in [0.717, 1.165) is 5.56 Å². The van der Waals surface area contributed by atoms with Crippen molar-refractivity contribution in [1.82, 2.24) is 5.32 Å². The highest BCUT2D eigenvalue weighted by Crippen LogP contribution is 2.21. The number of aryl methyl sites for hydroxylation is 1. The summed E-state index contributed by atoms with van der Waals surface area (Å²) in [5.41, 5.74) is 1.52. The van der Waals surface area contributed by atoms with E-state index in [0.29, 0.717) is 10.6 Å². The molecule has 0 spiro atoms. The van der Waals surface area contributed by atoms with Crippen LogP contribution in [0.2, 0.25) is 5.02 Å². The van der Waals surface area contributed by atoms with Gasteiger partial charge in [-0.25, -0.2) is 4.79 Å². The van der Waals surface area contributed by atoms with Crippen molar-refractivity contribution in [2.45, 2.75) is 13.0 Å². The van der Waals surface area contributed by atoms with Gasteiger partial charge in [0.15, 0.2) is 6.04 Å². The van der Waals surface area contributed by atoms with E-state index < -0.39 is 17.9 Å². The van der Waals surface area contributed by atoms with Crippen LogP contribution in [0.5, 0.6) is 0 Å². The summed E-state index contributed by atoms with van der Waals surface area (Å²) in [7, 11) is 0. The smallest absolute Gasteiger partial charge is 0.330 e. The van der Waals surface area contributed by atoms with Gasteiger partial charge in [0.05, 0.1) is 10.6 Å². The summed E-state index contributed by atoms with van der Waals surface area (Å²) in [5.74, 6) is -1.64. The number of hydrogen-bond acceptors (Lipinski definition) is 2. The molecule has 0 heterocycles. The van der Waals surface area contributed by atoms with Crippen LogP contribution < -0.4 is 5.32 Å². The number of carboxylic acids is 1. The van der Waals surface area contributed by atoms with E-state index in [2.05, 4.69) is 5.32 Å². The molecule has 108 valence electrons. The first-order valence-electron chi connectivity index (χ1n) is 6.34. The van der Waals surface area contributed by atoms with Gasteiger partial charge in [-0.15, -0.1) is 0 Å². The van der Waals surface area contributed by atoms with Gasteiger partial charge < -0.3 is 10.4 Å². The minimum absolute atomic E-state index is 0.263. The summed E-state index contributed by atoms with van der Waals surface area (Å²) >= 11 is 6.09. The van der Waals surface area contributed by atoms with Crippen molar-refractivity contribution in [1.29, 1.82) is 0 Å². The SMILES string of the molecule is Cc1cccc(C(=O)N[C@@H](C(=O)O)c2ccccc2)c1Cl. The average molecular weight is 304 g/mol. The van der Waals surface area contributed by atoms with Crippen LogP contribution in [-0.4, -0.2) is 17.0 Å². The monoisotopic (exact) mass is 303 g/mol. The van der Waals surface area contributed by atoms with Gasteiger partial charge in [-0.1, -0.05) is 54.1 Å². The number of benzene rings is 2. The molecule has 0 aliphatic heterocycles. The van der Waals surface area contributed by atoms with Crippen LogP contribution in [-0.2, 0) is 4.79 Å². The van der Waals surface area contributed by atoms with E-state index in [-0.39, 0.29) is 5.56 Å². The highest BCUT2D eigenvalue weighted by Gasteiger charge is 2.23. The second-order valence-electron chi connectivity index (χ2n) is 4.59. The molecule has 0 saturated carbocycles. The normalized spacial score (nSPS) is 11.7. The van der Waals surface area contributed by atoms with Crippen molar-refractivity contribution in [3.63, 3.8) is 0 Å². The lowest BCUT2D eigenvalue weighted by Gasteiger charge is -2.15. The quantitative estimate of drug-likeness (QED) is 0.911. The first kappa shape index (κ1) is 15.1. The molecule has 21 heavy (non-hydrogen) atoms. The number of hydrogen-bond donors (Lipinski definition) is 2. The molecule has 2 aromatic carbocycles. The topological polar surface area (TPSA) is 66.4 Å². The molecule has 0 aromatic heterocycles. The molecule has 0 saturated heterocycles. The second kappa shape index (κ2) is 6.41. The van der Waals surface area contributed by atoms with Crippen LogP contribution in [0.3, 0.4) is 0 Å². The molecule has 0 bridgehead atoms. The molecule has 0 radical (unpaired) electrons. The third-order valence-corrected chi connectivity index (χ3v) is 3.59. The van der Waals surface area contributed by atoms with E-state index in [1.165, 1.54) is 0 Å². The maximum absolute atomic E-state index is 12.2. The summed E-state index contributed by atoms with van der Waals surface area (Å²) in [6, 6.07) is 12.5. The predicted octanol–water partition coefficient (Wildman–Crippen LogP) is 3.20. The van der Waals surface area contributed by atoms with Gasteiger partial charge in [-0.2, -0.15) is 0 Å². The summed E-state index contributed by atoms with van der Waals surface area (Å²) in [6.07, 6.45) is 0. The minimum Gasteiger partial charge on any atom is -0.479 e. The molecule has 1 amide bonds. The molecule has 4 nitrogen and oxygen atoms in total. The molecule has 1 atom stereocenters. The molecule has 0 aliphatic carbocycles. The maximum Gasteiger partial charge on any atom is 0.330 e. The number of carbonyl (C=O) groups excluding carboxylic acids is 1. The van der Waals surface area contributed by atoms with Crippen LogP contribution in [0.15, 0.2) is 48.5 Å². The van der Waals surface area contributed by atoms with Gasteiger partial charge in [0.2, 0.25) is 0 Å². The Labute approximate surface area is 127 Å². The molecule has 5 heteroatoms. The van der Waals surface area contributed by atoms with Gasteiger partial charge in [0.25, 0.3) is 5.91 Å². The van der Waals surface area contributed by atoms with E-state index in [1.54, 1.807) is 55.5 Å². The fraction of sp³-hybridized carbons (Fsp3) is 0.125. The Morgan fingerprint density at radius 2 is 1.76 bits per heavy atom. The molecule has 0 fully saturated rings. The summed E-state index contributed by atoms with van der Waals surface area (Å²) in [4.78, 5) is 23.6. The van der Waals surface area contributed by atoms with Crippen LogP contribution in [0.25, 0.3) is 0 Å². The highest BCUT2D eigenvalue weighted by molar-refractivity contribution is 6.34. The largest absolute Gasteiger partial charge is 0.479 e. The lowest BCUT2D eigenvalue weighted by Crippen LogP contribution is -2.33. The lowest BCUT2D eigenvalue weighted by molar-refractivity contribution is -0.139. The Morgan fingerprint density at radius 1 is 1.10 bits per heavy atom. The zero-order valence-corrected chi connectivity index (χ0v) is 12.1. The van der Waals surface area contributed by atoms with E-state index in [9.17, 15) is 14.7 Å². The Bertz CT molecular complexity index is 670. The number of halogens is 1. The number of carbonyl (C=O) groups is 2. The van der Waals surface area contributed by atoms with Crippen molar-refractivity contribution in [2.75, 3.05) is 0 Å². The zero-order valence-electron chi connectivity index (χ0n) is 11.3. The molecule has 0 aliphatic rings. The van der Waals surface area contributed by atoms with Crippen molar-refractivity contribution in [3.05, 3.63) is 70.2 Å². The number of amides is 1. The number of aliphatic carboxylic acids is 1. The standard InChI is InChI=1S/C16H14ClNO3/c1-10-6-5-9-12(13(10)17)15(19)18-14(16(20)21)11-7-3-2-4-8-11/h2-9,14H,1H3,(H,18,19)(H,20,21)/t14-/m1/s1. The lowest BCUT2D eigenvalue weighted by atomic mass is 10.1. The molecular formula is C16H14ClNO3. The summed E-state index contributed by atoms with van der Waals surface area (Å²) < 4.78 is 0. The summed E-state index contributed by atoms with van der Waals surface area (Å²) in [6.45, 7) is 1.78. The first-order valence-corrected chi connectivity index (χ1v) is 6.72. The molecule has 2 N–H and O–H groups in total. The van der Waals surface area contributed by atoms with Crippen LogP contribution in [0.4, 0.5) is 0 Å². The third-order valence-electron chi connectivity index (χ3n) is 3.09. The predicted molar refractivity (Wildman–Crippen MR) is 80.5 cm³/mol. The second-order valence-corrected chi connectivity index (χ2v) is 4.97. The Morgan fingerprint density at radius 3 is 2.38 bits per heavy atom. The molecule has 0 unspecified atom stereocenters. The average Bonchev–Trinajstić information content (AvgIpc) is 2.48. The fourth-order valence-electron chi connectivity index (χ4n) is 1.96. The van der Waals surface area contributed by atoms with Crippen molar-refractivity contribution in [2.24, 2.45) is 0 Å². The third kappa shape index (κ3) is 3.41. The van der Waals surface area contributed by atoms with Gasteiger partial charge in [-0.05, 0) is 24.1 Å². The maximum atomic E-state index is 12.2. The van der Waals surface area contributed by atoms with Crippen molar-refractivity contribution >= 4 is 23.5 Å². The fourth-order valence-corrected chi connectivity index (χ4v) is 2.18. The number of rotatable bonds is 4. The molecule has 2 rings (SSSR count). The number of carboxylic acid groups (broad SMARTS) is 1. The summed E-state index contributed by atoms with van der Waals surface area (Å²) in [5, 5.41) is 12.1. The minimum atomic E-state index is -1.13. The molecule has 2 aromatic rings.